The largest absolute Gasteiger partial charge is 0.494 e. The molecule has 16 heteroatoms. The standard InChI is InChI=1S/C37H31N7O9/c1-52-30-21(32(38)46)7-9-25-28(30)41-34-19-5-4-18(14-24(19)37(50)51)16-40-27(45)15-17-3-6-20(36(48)49)23(13-17)35-42-29-26(44(35)12-11-43(25)34)10-8-22(33(39)47)31(29)53-2/h3-10,13-14H,11-12,15-16H2,1-2H3,(H2,38,46)(H2,39,47)(H,40,45)(H,48,49)(H,50,51). The van der Waals surface area contributed by atoms with Gasteiger partial charge in [0.1, 0.15) is 22.7 Å². The molecule has 0 unspecified atom stereocenters. The van der Waals surface area contributed by atoms with Crippen LogP contribution in [0.2, 0.25) is 0 Å². The van der Waals surface area contributed by atoms with E-state index in [0.717, 1.165) is 0 Å². The van der Waals surface area contributed by atoms with Crippen LogP contribution in [0.5, 0.6) is 11.5 Å². The summed E-state index contributed by atoms with van der Waals surface area (Å²) in [5.74, 6) is -3.84. The third-order valence-electron chi connectivity index (χ3n) is 9.20. The highest BCUT2D eigenvalue weighted by atomic mass is 16.5. The van der Waals surface area contributed by atoms with Crippen LogP contribution in [0.1, 0.15) is 52.6 Å². The van der Waals surface area contributed by atoms with Crippen LogP contribution in [0, 0.1) is 0 Å². The van der Waals surface area contributed by atoms with Crippen LogP contribution in [-0.2, 0) is 30.8 Å². The zero-order valence-electron chi connectivity index (χ0n) is 28.3. The summed E-state index contributed by atoms with van der Waals surface area (Å²) >= 11 is 0. The Morgan fingerprint density at radius 3 is 1.70 bits per heavy atom. The number of carbonyl (C=O) groups is 5. The van der Waals surface area contributed by atoms with E-state index in [4.69, 9.17) is 30.9 Å². The number of methoxy groups -OCH3 is 2. The average Bonchev–Trinajstić information content (AvgIpc) is 3.69. The van der Waals surface area contributed by atoms with Crippen molar-refractivity contribution in [3.8, 4) is 34.3 Å². The lowest BCUT2D eigenvalue weighted by Gasteiger charge is -2.16. The Morgan fingerprint density at radius 1 is 0.679 bits per heavy atom. The van der Waals surface area contributed by atoms with Crippen molar-refractivity contribution < 1.29 is 43.7 Å². The van der Waals surface area contributed by atoms with Gasteiger partial charge in [-0.05, 0) is 53.6 Å². The van der Waals surface area contributed by atoms with E-state index in [0.29, 0.717) is 22.2 Å². The SMILES string of the molecule is COc1c(C(N)=O)ccc2c1nc1n2CCn2c(nc3c(OC)c(C(N)=O)ccc32)-c2cc(ccc2C(=O)O)CC(=O)NCc2ccc-1c(C(=O)O)c2. The molecule has 0 fully saturated rings. The van der Waals surface area contributed by atoms with Gasteiger partial charge in [0.25, 0.3) is 11.8 Å². The second-order valence-electron chi connectivity index (χ2n) is 12.3. The van der Waals surface area contributed by atoms with Crippen molar-refractivity contribution in [2.75, 3.05) is 14.2 Å². The monoisotopic (exact) mass is 717 g/mol. The topological polar surface area (TPSA) is 244 Å². The number of aryl methyl sites for hydroxylation is 2. The summed E-state index contributed by atoms with van der Waals surface area (Å²) in [4.78, 5) is 72.9. The number of fused-ring (bicyclic) bond motifs is 8. The van der Waals surface area contributed by atoms with E-state index in [1.807, 2.05) is 0 Å². The van der Waals surface area contributed by atoms with Crippen LogP contribution in [0.4, 0.5) is 0 Å². The average molecular weight is 718 g/mol. The highest BCUT2D eigenvalue weighted by Gasteiger charge is 2.27. The minimum atomic E-state index is -1.24. The van der Waals surface area contributed by atoms with E-state index < -0.39 is 29.7 Å². The van der Waals surface area contributed by atoms with Gasteiger partial charge in [0.2, 0.25) is 5.91 Å². The minimum Gasteiger partial charge on any atom is -0.494 e. The van der Waals surface area contributed by atoms with Crippen LogP contribution in [-0.4, -0.2) is 73.2 Å². The van der Waals surface area contributed by atoms with Crippen molar-refractivity contribution in [3.05, 3.63) is 94.0 Å². The van der Waals surface area contributed by atoms with Gasteiger partial charge < -0.3 is 45.6 Å². The lowest BCUT2D eigenvalue weighted by Crippen LogP contribution is -2.24. The Balaban J connectivity index is 1.56. The maximum atomic E-state index is 13.2. The molecule has 7 N–H and O–H groups in total. The summed E-state index contributed by atoms with van der Waals surface area (Å²) in [6, 6.07) is 15.5. The quantitative estimate of drug-likeness (QED) is 0.167. The molecule has 16 nitrogen and oxygen atoms in total. The number of nitrogens with two attached hydrogens (primary N) is 2. The number of hydrogen-bond acceptors (Lipinski definition) is 9. The first-order valence-electron chi connectivity index (χ1n) is 16.2. The van der Waals surface area contributed by atoms with Gasteiger partial charge >= 0.3 is 11.9 Å². The van der Waals surface area contributed by atoms with Crippen molar-refractivity contribution in [2.24, 2.45) is 11.5 Å². The zero-order chi connectivity index (χ0) is 37.7. The molecule has 2 aliphatic heterocycles. The number of benzene rings is 4. The molecule has 2 aromatic heterocycles. The van der Waals surface area contributed by atoms with Crippen LogP contribution in [0.15, 0.2) is 60.7 Å². The Hall–Kier alpha value is -7.23. The molecule has 0 saturated carbocycles. The van der Waals surface area contributed by atoms with Gasteiger partial charge in [-0.2, -0.15) is 0 Å². The number of imidazole rings is 2. The third kappa shape index (κ3) is 5.81. The molecule has 53 heavy (non-hydrogen) atoms. The molecule has 0 radical (unpaired) electrons. The highest BCUT2D eigenvalue weighted by molar-refractivity contribution is 6.04. The zero-order valence-corrected chi connectivity index (χ0v) is 28.3. The Kier molecular flexibility index (Phi) is 8.49. The summed E-state index contributed by atoms with van der Waals surface area (Å²) in [6.07, 6.45) is -0.122. The van der Waals surface area contributed by atoms with Crippen molar-refractivity contribution in [3.63, 3.8) is 0 Å². The summed E-state index contributed by atoms with van der Waals surface area (Å²) in [7, 11) is 2.72. The van der Waals surface area contributed by atoms with E-state index in [2.05, 4.69) is 5.32 Å². The van der Waals surface area contributed by atoms with Gasteiger partial charge in [-0.15, -0.1) is 0 Å². The molecule has 4 aromatic carbocycles. The number of hydrogen-bond donors (Lipinski definition) is 5. The van der Waals surface area contributed by atoms with Gasteiger partial charge in [-0.3, -0.25) is 14.4 Å². The number of ether oxygens (including phenoxy) is 2. The summed E-state index contributed by atoms with van der Waals surface area (Å²) < 4.78 is 14.7. The summed E-state index contributed by atoms with van der Waals surface area (Å²) in [6.45, 7) is 0.170. The fourth-order valence-electron chi connectivity index (χ4n) is 6.79. The smallest absolute Gasteiger partial charge is 0.336 e. The molecule has 0 atom stereocenters. The fourth-order valence-corrected chi connectivity index (χ4v) is 6.79. The number of amides is 3. The van der Waals surface area contributed by atoms with E-state index in [-0.39, 0.29) is 93.6 Å². The van der Waals surface area contributed by atoms with Gasteiger partial charge in [0, 0.05) is 30.8 Å². The number of primary amides is 2. The highest BCUT2D eigenvalue weighted by Crippen LogP contribution is 2.38. The normalized spacial score (nSPS) is 12.8. The molecule has 0 spiro atoms. The number of carbonyl (C=O) groups excluding carboxylic acids is 3. The van der Waals surface area contributed by atoms with Crippen LogP contribution in [0.3, 0.4) is 0 Å². The maximum Gasteiger partial charge on any atom is 0.336 e. The maximum absolute atomic E-state index is 13.2. The summed E-state index contributed by atoms with van der Waals surface area (Å²) in [5, 5.41) is 23.5. The molecule has 2 aliphatic rings. The molecule has 3 amide bonds. The van der Waals surface area contributed by atoms with E-state index in [1.165, 1.54) is 44.6 Å². The van der Waals surface area contributed by atoms with Gasteiger partial charge in [-0.1, -0.05) is 18.2 Å². The van der Waals surface area contributed by atoms with Gasteiger partial charge in [-0.25, -0.2) is 19.6 Å². The van der Waals surface area contributed by atoms with Crippen molar-refractivity contribution in [1.82, 2.24) is 24.4 Å². The first-order valence-corrected chi connectivity index (χ1v) is 16.2. The Labute approximate surface area is 299 Å². The number of aromatic nitrogens is 4. The van der Waals surface area contributed by atoms with Crippen LogP contribution >= 0.6 is 0 Å². The molecule has 268 valence electrons. The molecule has 6 aromatic rings. The fraction of sp³-hybridized carbons (Fsp3) is 0.162. The predicted molar refractivity (Wildman–Crippen MR) is 190 cm³/mol. The number of nitrogens with one attached hydrogen (secondary N) is 1. The predicted octanol–water partition coefficient (Wildman–Crippen LogP) is 3.20. The minimum absolute atomic E-state index is 0.00343. The van der Waals surface area contributed by atoms with Crippen LogP contribution < -0.4 is 26.3 Å². The number of carboxylic acids is 2. The number of aromatic carboxylic acids is 2. The molecule has 8 rings (SSSR count). The van der Waals surface area contributed by atoms with E-state index >= 15 is 0 Å². The molecular formula is C37H31N7O9. The third-order valence-corrected chi connectivity index (χ3v) is 9.20. The van der Waals surface area contributed by atoms with Gasteiger partial charge in [0.15, 0.2) is 11.5 Å². The second-order valence-corrected chi connectivity index (χ2v) is 12.3. The van der Waals surface area contributed by atoms with E-state index in [1.54, 1.807) is 39.5 Å². The van der Waals surface area contributed by atoms with Crippen molar-refractivity contribution >= 4 is 51.7 Å². The molecule has 4 bridgehead atoms. The second kappa shape index (κ2) is 13.1. The van der Waals surface area contributed by atoms with E-state index in [9.17, 15) is 34.2 Å². The molecular weight excluding hydrogens is 686 g/mol. The lowest BCUT2D eigenvalue weighted by atomic mass is 10.0. The Bertz CT molecular complexity index is 2570. The number of carboxylic acid groups (broad SMARTS) is 2. The number of rotatable bonds is 6. The number of nitrogens with zero attached hydrogens (tertiary/aromatic N) is 4. The first kappa shape index (κ1) is 34.2. The summed E-state index contributed by atoms with van der Waals surface area (Å²) in [5.41, 5.74) is 14.0. The van der Waals surface area contributed by atoms with Gasteiger partial charge in [0.05, 0.1) is 53.9 Å². The Morgan fingerprint density at radius 2 is 1.19 bits per heavy atom. The molecule has 0 saturated heterocycles. The first-order chi connectivity index (χ1) is 25.4. The molecule has 4 heterocycles. The van der Waals surface area contributed by atoms with Crippen molar-refractivity contribution in [1.29, 1.82) is 0 Å². The van der Waals surface area contributed by atoms with Crippen LogP contribution in [0.25, 0.3) is 44.8 Å². The van der Waals surface area contributed by atoms with Crippen molar-refractivity contribution in [2.45, 2.75) is 26.1 Å². The lowest BCUT2D eigenvalue weighted by molar-refractivity contribution is -0.120. The molecule has 0 aliphatic carbocycles.